The minimum Gasteiger partial charge on any atom is -0.450 e. The second-order valence-corrected chi connectivity index (χ2v) is 7.75. The average Bonchev–Trinajstić information content (AvgIpc) is 3.09. The number of hydrogen-bond donors (Lipinski definition) is 2. The highest BCUT2D eigenvalue weighted by molar-refractivity contribution is 6.08. The number of rotatable bonds is 5. The zero-order valence-corrected chi connectivity index (χ0v) is 17.3. The summed E-state index contributed by atoms with van der Waals surface area (Å²) >= 11 is 0. The van der Waals surface area contributed by atoms with Gasteiger partial charge in [0.15, 0.2) is 5.76 Å². The van der Waals surface area contributed by atoms with Crippen molar-refractivity contribution in [3.8, 4) is 0 Å². The molecule has 0 radical (unpaired) electrons. The number of nitrogens with one attached hydrogen (secondary N) is 2. The van der Waals surface area contributed by atoms with Crippen LogP contribution < -0.4 is 10.6 Å². The van der Waals surface area contributed by atoms with Crippen LogP contribution in [0.25, 0.3) is 21.7 Å². The molecule has 152 valence electrons. The van der Waals surface area contributed by atoms with Gasteiger partial charge in [0.1, 0.15) is 5.58 Å². The van der Waals surface area contributed by atoms with Crippen molar-refractivity contribution in [2.75, 3.05) is 5.32 Å². The minimum absolute atomic E-state index is 0.0405. The van der Waals surface area contributed by atoms with Gasteiger partial charge in [-0.1, -0.05) is 62.4 Å². The maximum atomic E-state index is 12.8. The molecule has 0 aliphatic carbocycles. The van der Waals surface area contributed by atoms with E-state index < -0.39 is 0 Å². The van der Waals surface area contributed by atoms with Crippen molar-refractivity contribution in [1.82, 2.24) is 5.32 Å². The average molecular weight is 400 g/mol. The lowest BCUT2D eigenvalue weighted by Gasteiger charge is -2.10. The molecule has 2 amide bonds. The summed E-state index contributed by atoms with van der Waals surface area (Å²) < 4.78 is 6.00. The number of carbonyl (C=O) groups is 2. The number of benzene rings is 3. The molecule has 0 spiro atoms. The number of fused-ring (bicyclic) bond motifs is 3. The van der Waals surface area contributed by atoms with Crippen molar-refractivity contribution >= 4 is 39.2 Å². The van der Waals surface area contributed by atoms with E-state index in [1.807, 2.05) is 81.4 Å². The molecule has 4 rings (SSSR count). The third-order valence-corrected chi connectivity index (χ3v) is 5.21. The lowest BCUT2D eigenvalue weighted by molar-refractivity contribution is -0.118. The van der Waals surface area contributed by atoms with Crippen LogP contribution in [0.15, 0.2) is 65.1 Å². The molecule has 1 heterocycles. The molecule has 0 bridgehead atoms. The van der Waals surface area contributed by atoms with Crippen LogP contribution in [-0.4, -0.2) is 11.8 Å². The molecule has 30 heavy (non-hydrogen) atoms. The Kier molecular flexibility index (Phi) is 5.27. The van der Waals surface area contributed by atoms with Crippen molar-refractivity contribution in [1.29, 1.82) is 0 Å². The smallest absolute Gasteiger partial charge is 0.287 e. The van der Waals surface area contributed by atoms with E-state index in [0.29, 0.717) is 18.0 Å². The Labute approximate surface area is 175 Å². The molecule has 0 fully saturated rings. The fraction of sp³-hybridized carbons (Fsp3) is 0.200. The van der Waals surface area contributed by atoms with E-state index in [4.69, 9.17) is 4.42 Å². The zero-order chi connectivity index (χ0) is 21.3. The van der Waals surface area contributed by atoms with E-state index in [1.165, 1.54) is 0 Å². The van der Waals surface area contributed by atoms with Gasteiger partial charge >= 0.3 is 0 Å². The number of aryl methyl sites for hydroxylation is 1. The van der Waals surface area contributed by atoms with Gasteiger partial charge in [-0.3, -0.25) is 9.59 Å². The third kappa shape index (κ3) is 3.79. The fourth-order valence-corrected chi connectivity index (χ4v) is 3.47. The van der Waals surface area contributed by atoms with Crippen molar-refractivity contribution in [2.24, 2.45) is 5.92 Å². The van der Waals surface area contributed by atoms with Gasteiger partial charge in [0.25, 0.3) is 5.91 Å². The molecule has 1 aromatic heterocycles. The van der Waals surface area contributed by atoms with E-state index in [-0.39, 0.29) is 17.7 Å². The van der Waals surface area contributed by atoms with Gasteiger partial charge in [0, 0.05) is 34.5 Å². The van der Waals surface area contributed by atoms with E-state index in [0.717, 1.165) is 32.9 Å². The van der Waals surface area contributed by atoms with Gasteiger partial charge in [-0.25, -0.2) is 0 Å². The van der Waals surface area contributed by atoms with Gasteiger partial charge in [-0.05, 0) is 30.0 Å². The summed E-state index contributed by atoms with van der Waals surface area (Å²) in [6, 6.07) is 19.5. The fourth-order valence-electron chi connectivity index (χ4n) is 3.47. The minimum atomic E-state index is -0.260. The Morgan fingerprint density at radius 3 is 2.57 bits per heavy atom. The van der Waals surface area contributed by atoms with E-state index in [2.05, 4.69) is 10.6 Å². The summed E-state index contributed by atoms with van der Waals surface area (Å²) in [5.74, 6) is -0.0724. The molecule has 0 unspecified atom stereocenters. The molecule has 0 atom stereocenters. The SMILES string of the molecule is Cc1c(C(=O)NCc2cccc(NC(=O)C(C)C)c2)oc2c1ccc1ccccc12. The highest BCUT2D eigenvalue weighted by Gasteiger charge is 2.19. The quantitative estimate of drug-likeness (QED) is 0.470. The van der Waals surface area contributed by atoms with Crippen LogP contribution >= 0.6 is 0 Å². The first-order valence-corrected chi connectivity index (χ1v) is 10.0. The molecule has 0 aliphatic rings. The number of amides is 2. The molecule has 0 saturated heterocycles. The van der Waals surface area contributed by atoms with E-state index in [1.54, 1.807) is 0 Å². The molecule has 5 heteroatoms. The topological polar surface area (TPSA) is 71.3 Å². The first-order valence-electron chi connectivity index (χ1n) is 10.0. The Morgan fingerprint density at radius 2 is 1.77 bits per heavy atom. The Morgan fingerprint density at radius 1 is 0.967 bits per heavy atom. The zero-order valence-electron chi connectivity index (χ0n) is 17.3. The van der Waals surface area contributed by atoms with Crippen molar-refractivity contribution in [3.05, 3.63) is 77.6 Å². The summed E-state index contributed by atoms with van der Waals surface area (Å²) in [5, 5.41) is 8.81. The van der Waals surface area contributed by atoms with Crippen LogP contribution in [0, 0.1) is 12.8 Å². The molecule has 0 aliphatic heterocycles. The normalized spacial score (nSPS) is 11.2. The summed E-state index contributed by atoms with van der Waals surface area (Å²) in [6.45, 7) is 5.93. The summed E-state index contributed by atoms with van der Waals surface area (Å²) in [4.78, 5) is 24.7. The Hall–Kier alpha value is -3.60. The lowest BCUT2D eigenvalue weighted by Crippen LogP contribution is -2.23. The number of anilines is 1. The van der Waals surface area contributed by atoms with Gasteiger partial charge in [-0.2, -0.15) is 0 Å². The van der Waals surface area contributed by atoms with Crippen LogP contribution in [0.2, 0.25) is 0 Å². The second kappa shape index (κ2) is 8.03. The van der Waals surface area contributed by atoms with Crippen molar-refractivity contribution in [3.63, 3.8) is 0 Å². The predicted octanol–water partition coefficient (Wildman–Crippen LogP) is 5.42. The maximum absolute atomic E-state index is 12.8. The standard InChI is InChI=1S/C25H24N2O3/c1-15(2)24(28)27-19-9-6-7-17(13-19)14-26-25(29)22-16(3)20-12-11-18-8-4-5-10-21(18)23(20)30-22/h4-13,15H,14H2,1-3H3,(H,26,29)(H,27,28). The molecular weight excluding hydrogens is 376 g/mol. The first kappa shape index (κ1) is 19.7. The van der Waals surface area contributed by atoms with Crippen LogP contribution in [0.4, 0.5) is 5.69 Å². The molecule has 0 saturated carbocycles. The summed E-state index contributed by atoms with van der Waals surface area (Å²) in [6.07, 6.45) is 0. The highest BCUT2D eigenvalue weighted by atomic mass is 16.3. The first-order chi connectivity index (χ1) is 14.4. The van der Waals surface area contributed by atoms with Crippen LogP contribution in [-0.2, 0) is 11.3 Å². The van der Waals surface area contributed by atoms with Gasteiger partial charge < -0.3 is 15.1 Å². The monoisotopic (exact) mass is 400 g/mol. The summed E-state index contributed by atoms with van der Waals surface area (Å²) in [5.41, 5.74) is 3.16. The highest BCUT2D eigenvalue weighted by Crippen LogP contribution is 2.31. The predicted molar refractivity (Wildman–Crippen MR) is 120 cm³/mol. The van der Waals surface area contributed by atoms with Crippen molar-refractivity contribution < 1.29 is 14.0 Å². The van der Waals surface area contributed by atoms with Crippen LogP contribution in [0.1, 0.15) is 35.5 Å². The number of furan rings is 1. The van der Waals surface area contributed by atoms with Gasteiger partial charge in [-0.15, -0.1) is 0 Å². The number of carbonyl (C=O) groups excluding carboxylic acids is 2. The molecule has 4 aromatic rings. The Balaban J connectivity index is 1.53. The van der Waals surface area contributed by atoms with E-state index >= 15 is 0 Å². The van der Waals surface area contributed by atoms with Gasteiger partial charge in [0.2, 0.25) is 5.91 Å². The van der Waals surface area contributed by atoms with Crippen LogP contribution in [0.5, 0.6) is 0 Å². The largest absolute Gasteiger partial charge is 0.450 e. The molecule has 2 N–H and O–H groups in total. The third-order valence-electron chi connectivity index (χ3n) is 5.21. The Bertz CT molecular complexity index is 1250. The summed E-state index contributed by atoms with van der Waals surface area (Å²) in [7, 11) is 0. The maximum Gasteiger partial charge on any atom is 0.287 e. The molecule has 5 nitrogen and oxygen atoms in total. The van der Waals surface area contributed by atoms with Crippen molar-refractivity contribution in [2.45, 2.75) is 27.3 Å². The van der Waals surface area contributed by atoms with Crippen LogP contribution in [0.3, 0.4) is 0 Å². The second-order valence-electron chi connectivity index (χ2n) is 7.75. The molecule has 3 aromatic carbocycles. The molecular formula is C25H24N2O3. The van der Waals surface area contributed by atoms with Gasteiger partial charge in [0.05, 0.1) is 0 Å². The number of hydrogen-bond acceptors (Lipinski definition) is 3. The van der Waals surface area contributed by atoms with E-state index in [9.17, 15) is 9.59 Å². The lowest BCUT2D eigenvalue weighted by atomic mass is 10.1.